The Balaban J connectivity index is 2.30. The molecule has 1 rings (SSSR count). The van der Waals surface area contributed by atoms with Gasteiger partial charge in [0.2, 0.25) is 0 Å². The zero-order valence-electron chi connectivity index (χ0n) is 9.95. The van der Waals surface area contributed by atoms with E-state index >= 15 is 0 Å². The van der Waals surface area contributed by atoms with E-state index in [0.29, 0.717) is 6.54 Å². The van der Waals surface area contributed by atoms with Gasteiger partial charge >= 0.3 is 0 Å². The van der Waals surface area contributed by atoms with Crippen LogP contribution in [0.4, 0.5) is 0 Å². The van der Waals surface area contributed by atoms with E-state index in [4.69, 9.17) is 4.74 Å². The van der Waals surface area contributed by atoms with Crippen LogP contribution in [0.1, 0.15) is 26.6 Å². The second kappa shape index (κ2) is 5.23. The predicted molar refractivity (Wildman–Crippen MR) is 58.4 cm³/mol. The highest BCUT2D eigenvalue weighted by atomic mass is 16.5. The third-order valence-corrected chi connectivity index (χ3v) is 2.17. The zero-order valence-corrected chi connectivity index (χ0v) is 9.95. The molecule has 0 saturated carbocycles. The first-order chi connectivity index (χ1) is 7.05. The summed E-state index contributed by atoms with van der Waals surface area (Å²) in [5.41, 5.74) is -0.132. The summed E-state index contributed by atoms with van der Waals surface area (Å²) in [5.74, 6) is 0.933. The maximum Gasteiger partial charge on any atom is 0.146 e. The lowest BCUT2D eigenvalue weighted by Crippen LogP contribution is -2.37. The molecule has 0 aliphatic heterocycles. The van der Waals surface area contributed by atoms with E-state index in [9.17, 15) is 0 Å². The summed E-state index contributed by atoms with van der Waals surface area (Å²) >= 11 is 0. The lowest BCUT2D eigenvalue weighted by Gasteiger charge is -2.24. The van der Waals surface area contributed by atoms with Crippen molar-refractivity contribution >= 4 is 0 Å². The van der Waals surface area contributed by atoms with Gasteiger partial charge in [-0.3, -0.25) is 0 Å². The molecule has 0 amide bonds. The Morgan fingerprint density at radius 3 is 2.80 bits per heavy atom. The first kappa shape index (κ1) is 12.1. The summed E-state index contributed by atoms with van der Waals surface area (Å²) in [6.45, 7) is 8.39. The molecule has 86 valence electrons. The molecular weight excluding hydrogens is 192 g/mol. The molecule has 1 aromatic heterocycles. The van der Waals surface area contributed by atoms with Crippen molar-refractivity contribution in [2.75, 3.05) is 13.2 Å². The largest absolute Gasteiger partial charge is 0.375 e. The number of hydrogen-bond donors (Lipinski definition) is 1. The van der Waals surface area contributed by atoms with Crippen LogP contribution in [0.25, 0.3) is 0 Å². The van der Waals surface area contributed by atoms with Crippen molar-refractivity contribution in [2.45, 2.75) is 32.9 Å². The van der Waals surface area contributed by atoms with Crippen LogP contribution in [0, 0.1) is 0 Å². The number of nitrogens with one attached hydrogen (secondary N) is 1. The SMILES string of the molecule is CCOC(C)(C)CNCc1nncn1C. The Hall–Kier alpha value is -0.940. The first-order valence-corrected chi connectivity index (χ1v) is 5.22. The third-order valence-electron chi connectivity index (χ3n) is 2.17. The molecule has 0 atom stereocenters. The van der Waals surface area contributed by atoms with E-state index in [0.717, 1.165) is 19.0 Å². The number of nitrogens with zero attached hydrogens (tertiary/aromatic N) is 3. The van der Waals surface area contributed by atoms with Crippen LogP contribution in [0.5, 0.6) is 0 Å². The van der Waals surface area contributed by atoms with Crippen molar-refractivity contribution in [3.05, 3.63) is 12.2 Å². The summed E-state index contributed by atoms with van der Waals surface area (Å²) in [5, 5.41) is 11.1. The zero-order chi connectivity index (χ0) is 11.3. The van der Waals surface area contributed by atoms with E-state index in [1.165, 1.54) is 0 Å². The molecule has 1 heterocycles. The highest BCUT2D eigenvalue weighted by Crippen LogP contribution is 2.06. The van der Waals surface area contributed by atoms with E-state index < -0.39 is 0 Å². The Kier molecular flexibility index (Phi) is 4.23. The molecular formula is C10H20N4O. The Morgan fingerprint density at radius 1 is 1.53 bits per heavy atom. The second-order valence-electron chi connectivity index (χ2n) is 4.15. The Morgan fingerprint density at radius 2 is 2.27 bits per heavy atom. The molecule has 15 heavy (non-hydrogen) atoms. The van der Waals surface area contributed by atoms with Crippen molar-refractivity contribution in [2.24, 2.45) is 7.05 Å². The normalized spacial score (nSPS) is 12.0. The Bertz CT molecular complexity index is 295. The quantitative estimate of drug-likeness (QED) is 0.755. The number of aryl methyl sites for hydroxylation is 1. The average Bonchev–Trinajstić information content (AvgIpc) is 2.51. The molecule has 0 radical (unpaired) electrons. The van der Waals surface area contributed by atoms with Crippen molar-refractivity contribution in [1.29, 1.82) is 0 Å². The minimum Gasteiger partial charge on any atom is -0.375 e. The van der Waals surface area contributed by atoms with E-state index in [-0.39, 0.29) is 5.60 Å². The molecule has 0 aliphatic carbocycles. The van der Waals surface area contributed by atoms with Gasteiger partial charge < -0.3 is 14.6 Å². The van der Waals surface area contributed by atoms with Gasteiger partial charge in [0.15, 0.2) is 0 Å². The number of ether oxygens (including phenoxy) is 1. The standard InChI is InChI=1S/C10H20N4O/c1-5-15-10(2,3)7-11-6-9-13-12-8-14(9)4/h8,11H,5-7H2,1-4H3. The van der Waals surface area contributed by atoms with Crippen molar-refractivity contribution in [3.63, 3.8) is 0 Å². The van der Waals surface area contributed by atoms with Gasteiger partial charge in [0.1, 0.15) is 12.2 Å². The molecule has 0 saturated heterocycles. The minimum atomic E-state index is -0.132. The summed E-state index contributed by atoms with van der Waals surface area (Å²) in [7, 11) is 1.94. The van der Waals surface area contributed by atoms with Gasteiger partial charge in [-0.05, 0) is 20.8 Å². The van der Waals surface area contributed by atoms with Crippen molar-refractivity contribution in [3.8, 4) is 0 Å². The van der Waals surface area contributed by atoms with Gasteiger partial charge in [0, 0.05) is 20.2 Å². The van der Waals surface area contributed by atoms with Crippen molar-refractivity contribution in [1.82, 2.24) is 20.1 Å². The highest BCUT2D eigenvalue weighted by molar-refractivity contribution is 4.84. The molecule has 0 spiro atoms. The van der Waals surface area contributed by atoms with Crippen molar-refractivity contribution < 1.29 is 4.74 Å². The maximum atomic E-state index is 5.57. The van der Waals surface area contributed by atoms with Crippen LogP contribution in [-0.4, -0.2) is 33.5 Å². The molecule has 5 heteroatoms. The molecule has 5 nitrogen and oxygen atoms in total. The van der Waals surface area contributed by atoms with Crippen LogP contribution in [0.2, 0.25) is 0 Å². The number of rotatable bonds is 6. The summed E-state index contributed by atoms with van der Waals surface area (Å²) in [4.78, 5) is 0. The Labute approximate surface area is 90.8 Å². The first-order valence-electron chi connectivity index (χ1n) is 5.22. The van der Waals surface area contributed by atoms with Gasteiger partial charge in [0.05, 0.1) is 12.1 Å². The third kappa shape index (κ3) is 3.97. The smallest absolute Gasteiger partial charge is 0.146 e. The molecule has 0 bridgehead atoms. The van der Waals surface area contributed by atoms with Crippen LogP contribution in [-0.2, 0) is 18.3 Å². The van der Waals surface area contributed by atoms with E-state index in [1.807, 2.05) is 18.5 Å². The second-order valence-corrected chi connectivity index (χ2v) is 4.15. The molecule has 1 aromatic rings. The molecule has 0 aromatic carbocycles. The van der Waals surface area contributed by atoms with E-state index in [1.54, 1.807) is 6.33 Å². The monoisotopic (exact) mass is 212 g/mol. The molecule has 0 unspecified atom stereocenters. The summed E-state index contributed by atoms with van der Waals surface area (Å²) in [6.07, 6.45) is 1.70. The van der Waals surface area contributed by atoms with Crippen LogP contribution < -0.4 is 5.32 Å². The van der Waals surface area contributed by atoms with Gasteiger partial charge in [-0.1, -0.05) is 0 Å². The molecule has 0 aliphatic rings. The average molecular weight is 212 g/mol. The lowest BCUT2D eigenvalue weighted by molar-refractivity contribution is -0.00910. The fourth-order valence-electron chi connectivity index (χ4n) is 1.38. The fraction of sp³-hybridized carbons (Fsp3) is 0.800. The lowest BCUT2D eigenvalue weighted by atomic mass is 10.1. The maximum absolute atomic E-state index is 5.57. The van der Waals surface area contributed by atoms with Gasteiger partial charge in [-0.25, -0.2) is 0 Å². The topological polar surface area (TPSA) is 52.0 Å². The predicted octanol–water partition coefficient (Wildman–Crippen LogP) is 0.720. The van der Waals surface area contributed by atoms with Crippen LogP contribution in [0.3, 0.4) is 0 Å². The van der Waals surface area contributed by atoms with Crippen LogP contribution >= 0.6 is 0 Å². The summed E-state index contributed by atoms with van der Waals surface area (Å²) in [6, 6.07) is 0. The summed E-state index contributed by atoms with van der Waals surface area (Å²) < 4.78 is 7.48. The number of hydrogen-bond acceptors (Lipinski definition) is 4. The van der Waals surface area contributed by atoms with Crippen LogP contribution in [0.15, 0.2) is 6.33 Å². The molecule has 1 N–H and O–H groups in total. The fourth-order valence-corrected chi connectivity index (χ4v) is 1.38. The van der Waals surface area contributed by atoms with E-state index in [2.05, 4.69) is 29.4 Å². The molecule has 0 fully saturated rings. The minimum absolute atomic E-state index is 0.132. The highest BCUT2D eigenvalue weighted by Gasteiger charge is 2.16. The van der Waals surface area contributed by atoms with Gasteiger partial charge in [-0.15, -0.1) is 10.2 Å². The number of aromatic nitrogens is 3. The van der Waals surface area contributed by atoms with Gasteiger partial charge in [0.25, 0.3) is 0 Å². The van der Waals surface area contributed by atoms with Gasteiger partial charge in [-0.2, -0.15) is 0 Å².